The number of fused-ring (bicyclic) bond motifs is 1. The summed E-state index contributed by atoms with van der Waals surface area (Å²) in [6.45, 7) is 8.94. The zero-order valence-electron chi connectivity index (χ0n) is 12.0. The third-order valence-electron chi connectivity index (χ3n) is 4.50. The van der Waals surface area contributed by atoms with Crippen molar-refractivity contribution in [2.24, 2.45) is 0 Å². The summed E-state index contributed by atoms with van der Waals surface area (Å²) in [6, 6.07) is 15.2. The minimum absolute atomic E-state index is 1.32. The fraction of sp³-hybridized carbons (Fsp3) is 0.211. The number of hydrogen-bond donors (Lipinski definition) is 0. The zero-order chi connectivity index (χ0) is 13.6. The molecule has 19 heavy (non-hydrogen) atoms. The summed E-state index contributed by atoms with van der Waals surface area (Å²) in [4.78, 5) is 0. The monoisotopic (exact) mass is 247 g/mol. The molecule has 0 nitrogen and oxygen atoms in total. The van der Waals surface area contributed by atoms with E-state index in [2.05, 4.69) is 70.2 Å². The lowest BCUT2D eigenvalue weighted by Crippen LogP contribution is -1.91. The number of rotatable bonds is 1. The fourth-order valence-corrected chi connectivity index (χ4v) is 3.07. The topological polar surface area (TPSA) is 0 Å². The molecule has 0 saturated heterocycles. The highest BCUT2D eigenvalue weighted by molar-refractivity contribution is 6.00. The third-order valence-corrected chi connectivity index (χ3v) is 4.50. The van der Waals surface area contributed by atoms with E-state index in [9.17, 15) is 0 Å². The van der Waals surface area contributed by atoms with Crippen molar-refractivity contribution >= 4 is 16.3 Å². The molecule has 0 heteroatoms. The van der Waals surface area contributed by atoms with E-state index in [4.69, 9.17) is 0 Å². The SMILES string of the molecule is C[C]1C(C)=C(C)C(c2cccc3ccccc23)=C1C. The summed E-state index contributed by atoms with van der Waals surface area (Å²) < 4.78 is 0. The molecule has 0 N–H and O–H groups in total. The average Bonchev–Trinajstić information content (AvgIpc) is 2.63. The molecule has 2 aromatic carbocycles. The van der Waals surface area contributed by atoms with Gasteiger partial charge in [-0.2, -0.15) is 0 Å². The van der Waals surface area contributed by atoms with Crippen LogP contribution in [-0.4, -0.2) is 0 Å². The van der Waals surface area contributed by atoms with Crippen molar-refractivity contribution in [3.8, 4) is 0 Å². The lowest BCUT2D eigenvalue weighted by molar-refractivity contribution is 1.14. The Labute approximate surface area is 115 Å². The highest BCUT2D eigenvalue weighted by Crippen LogP contribution is 2.44. The van der Waals surface area contributed by atoms with E-state index in [1.54, 1.807) is 0 Å². The molecular weight excluding hydrogens is 228 g/mol. The van der Waals surface area contributed by atoms with Crippen molar-refractivity contribution in [2.45, 2.75) is 27.7 Å². The average molecular weight is 247 g/mol. The van der Waals surface area contributed by atoms with Crippen LogP contribution < -0.4 is 0 Å². The maximum Gasteiger partial charge on any atom is 0.0230 e. The minimum Gasteiger partial charge on any atom is -0.0616 e. The molecule has 95 valence electrons. The van der Waals surface area contributed by atoms with Crippen molar-refractivity contribution in [1.29, 1.82) is 0 Å². The first-order chi connectivity index (χ1) is 9.11. The van der Waals surface area contributed by atoms with Gasteiger partial charge in [-0.1, -0.05) is 60.5 Å². The Morgan fingerprint density at radius 2 is 1.32 bits per heavy atom. The van der Waals surface area contributed by atoms with Crippen LogP contribution >= 0.6 is 0 Å². The maximum atomic E-state index is 2.25. The normalized spacial score (nSPS) is 16.8. The van der Waals surface area contributed by atoms with Gasteiger partial charge in [0.15, 0.2) is 0 Å². The van der Waals surface area contributed by atoms with Crippen LogP contribution in [-0.2, 0) is 0 Å². The van der Waals surface area contributed by atoms with Crippen molar-refractivity contribution < 1.29 is 0 Å². The Morgan fingerprint density at radius 3 is 2.00 bits per heavy atom. The molecule has 0 unspecified atom stereocenters. The number of hydrogen-bond acceptors (Lipinski definition) is 0. The van der Waals surface area contributed by atoms with E-state index in [1.165, 1.54) is 44.5 Å². The molecule has 3 rings (SSSR count). The largest absolute Gasteiger partial charge is 0.0616 e. The highest BCUT2D eigenvalue weighted by atomic mass is 14.3. The molecule has 0 atom stereocenters. The quantitative estimate of drug-likeness (QED) is 0.619. The van der Waals surface area contributed by atoms with E-state index in [-0.39, 0.29) is 0 Å². The smallest absolute Gasteiger partial charge is 0.0230 e. The molecule has 0 fully saturated rings. The van der Waals surface area contributed by atoms with Crippen LogP contribution in [0.25, 0.3) is 16.3 Å². The summed E-state index contributed by atoms with van der Waals surface area (Å²) in [5.74, 6) is 1.43. The highest BCUT2D eigenvalue weighted by Gasteiger charge is 2.25. The predicted molar refractivity (Wildman–Crippen MR) is 83.8 cm³/mol. The molecule has 0 bridgehead atoms. The molecule has 0 amide bonds. The van der Waals surface area contributed by atoms with Crippen LogP contribution in [0.2, 0.25) is 0 Å². The minimum atomic E-state index is 1.32. The first kappa shape index (κ1) is 12.2. The first-order valence-electron chi connectivity index (χ1n) is 6.82. The van der Waals surface area contributed by atoms with Crippen LogP contribution in [0, 0.1) is 5.92 Å². The lowest BCUT2D eigenvalue weighted by atomic mass is 9.92. The van der Waals surface area contributed by atoms with Gasteiger partial charge in [-0.3, -0.25) is 0 Å². The Kier molecular flexibility index (Phi) is 2.82. The van der Waals surface area contributed by atoms with Gasteiger partial charge in [0, 0.05) is 5.92 Å². The molecule has 0 heterocycles. The molecule has 1 aliphatic carbocycles. The molecule has 1 radical (unpaired) electrons. The van der Waals surface area contributed by atoms with Crippen molar-refractivity contribution in [1.82, 2.24) is 0 Å². The zero-order valence-corrected chi connectivity index (χ0v) is 12.0. The van der Waals surface area contributed by atoms with Crippen LogP contribution in [0.15, 0.2) is 59.2 Å². The van der Waals surface area contributed by atoms with E-state index in [0.717, 1.165) is 0 Å². The Morgan fingerprint density at radius 1 is 0.632 bits per heavy atom. The van der Waals surface area contributed by atoms with E-state index >= 15 is 0 Å². The van der Waals surface area contributed by atoms with E-state index in [1.807, 2.05) is 0 Å². The van der Waals surface area contributed by atoms with Gasteiger partial charge in [-0.05, 0) is 48.3 Å². The van der Waals surface area contributed by atoms with Crippen molar-refractivity contribution in [3.63, 3.8) is 0 Å². The predicted octanol–water partition coefficient (Wildman–Crippen LogP) is 5.56. The first-order valence-corrected chi connectivity index (χ1v) is 6.82. The van der Waals surface area contributed by atoms with Crippen LogP contribution in [0.3, 0.4) is 0 Å². The second-order valence-corrected chi connectivity index (χ2v) is 5.40. The standard InChI is InChI=1S/C19H19/c1-12-13(2)15(4)19(14(12)3)18-11-7-9-16-8-5-6-10-17(16)18/h5-11H,1-4H3. The lowest BCUT2D eigenvalue weighted by Gasteiger charge is -2.11. The van der Waals surface area contributed by atoms with Crippen LogP contribution in [0.5, 0.6) is 0 Å². The van der Waals surface area contributed by atoms with Gasteiger partial charge in [0.2, 0.25) is 0 Å². The summed E-state index contributed by atoms with van der Waals surface area (Å²) >= 11 is 0. The van der Waals surface area contributed by atoms with Gasteiger partial charge >= 0.3 is 0 Å². The molecule has 1 aliphatic rings. The van der Waals surface area contributed by atoms with Gasteiger partial charge in [0.05, 0.1) is 0 Å². The van der Waals surface area contributed by atoms with Crippen LogP contribution in [0.4, 0.5) is 0 Å². The molecular formula is C19H19. The van der Waals surface area contributed by atoms with Gasteiger partial charge in [-0.15, -0.1) is 0 Å². The second-order valence-electron chi connectivity index (χ2n) is 5.40. The van der Waals surface area contributed by atoms with Crippen molar-refractivity contribution in [2.75, 3.05) is 0 Å². The van der Waals surface area contributed by atoms with E-state index in [0.29, 0.717) is 0 Å². The van der Waals surface area contributed by atoms with Crippen molar-refractivity contribution in [3.05, 3.63) is 70.7 Å². The Bertz CT molecular complexity index is 708. The summed E-state index contributed by atoms with van der Waals surface area (Å²) in [7, 11) is 0. The molecule has 0 aromatic heterocycles. The number of benzene rings is 2. The van der Waals surface area contributed by atoms with Crippen LogP contribution in [0.1, 0.15) is 33.3 Å². The summed E-state index contributed by atoms with van der Waals surface area (Å²) in [5, 5.41) is 2.66. The third kappa shape index (κ3) is 1.74. The van der Waals surface area contributed by atoms with Gasteiger partial charge < -0.3 is 0 Å². The summed E-state index contributed by atoms with van der Waals surface area (Å²) in [6.07, 6.45) is 0. The maximum absolute atomic E-state index is 2.25. The molecule has 0 spiro atoms. The second kappa shape index (κ2) is 4.38. The fourth-order valence-electron chi connectivity index (χ4n) is 3.07. The summed E-state index contributed by atoms with van der Waals surface area (Å²) in [5.41, 5.74) is 7.06. The van der Waals surface area contributed by atoms with Gasteiger partial charge in [0.25, 0.3) is 0 Å². The van der Waals surface area contributed by atoms with E-state index < -0.39 is 0 Å². The van der Waals surface area contributed by atoms with Gasteiger partial charge in [0.1, 0.15) is 0 Å². The van der Waals surface area contributed by atoms with Gasteiger partial charge in [-0.25, -0.2) is 0 Å². The Hall–Kier alpha value is -1.82. The molecule has 2 aromatic rings. The molecule has 0 aliphatic heterocycles. The Balaban J connectivity index is 2.32. The number of allylic oxidation sites excluding steroid dienone is 4. The molecule has 0 saturated carbocycles.